The van der Waals surface area contributed by atoms with Gasteiger partial charge in [0.1, 0.15) is 11.6 Å². The van der Waals surface area contributed by atoms with Crippen molar-refractivity contribution in [2.45, 2.75) is 44.7 Å². The van der Waals surface area contributed by atoms with Crippen molar-refractivity contribution in [2.75, 3.05) is 39.8 Å². The van der Waals surface area contributed by atoms with Crippen LogP contribution >= 0.6 is 0 Å². The zero-order valence-electron chi connectivity index (χ0n) is 22.1. The van der Waals surface area contributed by atoms with Crippen LogP contribution in [0.5, 0.6) is 0 Å². The maximum absolute atomic E-state index is 13.6. The third kappa shape index (κ3) is 5.40. The van der Waals surface area contributed by atoms with Gasteiger partial charge in [-0.15, -0.1) is 0 Å². The fourth-order valence-electron chi connectivity index (χ4n) is 6.03. The molecule has 6 rings (SSSR count). The maximum Gasteiger partial charge on any atom is 0.253 e. The maximum atomic E-state index is 13.6. The van der Waals surface area contributed by atoms with E-state index in [1.807, 2.05) is 35.4 Å². The Morgan fingerprint density at radius 3 is 2.63 bits per heavy atom. The number of hydrogen-bond donors (Lipinski definition) is 0. The van der Waals surface area contributed by atoms with Crippen LogP contribution in [0.15, 0.2) is 54.7 Å². The summed E-state index contributed by atoms with van der Waals surface area (Å²) in [4.78, 5) is 42.9. The van der Waals surface area contributed by atoms with Crippen LogP contribution in [-0.4, -0.2) is 82.2 Å². The Morgan fingerprint density at radius 2 is 1.76 bits per heavy atom. The van der Waals surface area contributed by atoms with Crippen LogP contribution in [0.1, 0.15) is 52.1 Å². The van der Waals surface area contributed by atoms with Gasteiger partial charge >= 0.3 is 0 Å². The van der Waals surface area contributed by atoms with Gasteiger partial charge in [0.05, 0.1) is 11.7 Å². The number of benzene rings is 2. The van der Waals surface area contributed by atoms with Crippen LogP contribution in [0.4, 0.5) is 0 Å². The molecule has 1 aromatic heterocycles. The number of aryl methyl sites for hydroxylation is 1. The van der Waals surface area contributed by atoms with E-state index in [9.17, 15) is 9.59 Å². The van der Waals surface area contributed by atoms with Gasteiger partial charge < -0.3 is 9.80 Å². The lowest BCUT2D eigenvalue weighted by atomic mass is 9.98. The number of carbonyl (C=O) groups excluding carboxylic acids is 2. The van der Waals surface area contributed by atoms with Gasteiger partial charge in [0.15, 0.2) is 0 Å². The number of ketones is 1. The molecule has 0 spiro atoms. The molecule has 0 aliphatic carbocycles. The second-order valence-electron chi connectivity index (χ2n) is 11.0. The van der Waals surface area contributed by atoms with Gasteiger partial charge in [-0.05, 0) is 73.8 Å². The topological polar surface area (TPSA) is 69.6 Å². The summed E-state index contributed by atoms with van der Waals surface area (Å²) in [7, 11) is 2.09. The van der Waals surface area contributed by atoms with Crippen molar-refractivity contribution in [1.29, 1.82) is 0 Å². The minimum Gasteiger partial charge on any atom is -0.336 e. The number of hydrogen-bond acceptors (Lipinski definition) is 6. The number of aromatic nitrogens is 2. The summed E-state index contributed by atoms with van der Waals surface area (Å²) in [5.41, 5.74) is 5.89. The molecule has 7 heteroatoms. The van der Waals surface area contributed by atoms with Gasteiger partial charge in [0, 0.05) is 62.9 Å². The van der Waals surface area contributed by atoms with Crippen molar-refractivity contribution in [2.24, 2.45) is 0 Å². The molecule has 0 saturated carbocycles. The molecule has 2 aromatic carbocycles. The highest BCUT2D eigenvalue weighted by atomic mass is 16.2. The molecule has 2 saturated heterocycles. The summed E-state index contributed by atoms with van der Waals surface area (Å²) in [5, 5.41) is 0. The zero-order chi connectivity index (χ0) is 26.1. The average molecular weight is 510 g/mol. The summed E-state index contributed by atoms with van der Waals surface area (Å²) in [5.74, 6) is 1.13. The smallest absolute Gasteiger partial charge is 0.253 e. The van der Waals surface area contributed by atoms with Gasteiger partial charge in [-0.2, -0.15) is 0 Å². The molecule has 38 heavy (non-hydrogen) atoms. The third-order valence-corrected chi connectivity index (χ3v) is 8.16. The van der Waals surface area contributed by atoms with Gasteiger partial charge in [-0.3, -0.25) is 14.5 Å². The molecule has 0 unspecified atom stereocenters. The first-order chi connectivity index (χ1) is 18.5. The Kier molecular flexibility index (Phi) is 7.04. The number of nitrogens with zero attached hydrogens (tertiary/aromatic N) is 5. The zero-order valence-corrected chi connectivity index (χ0v) is 22.1. The standard InChI is InChI=1S/C31H35N5O2/c1-34-12-14-35(15-13-34)31(38)26-18-23-16-24(19-26)21-36-11-3-6-28(36)29(37)8-7-22-4-2-5-25(17-22)27-9-10-32-30(20-23)33-27/h2,4-5,9-10,16-19,28H,3,6-8,11-15,20-21H2,1H3/t28-/m1/s1. The van der Waals surface area contributed by atoms with Gasteiger partial charge in [-0.25, -0.2) is 9.97 Å². The van der Waals surface area contributed by atoms with Crippen molar-refractivity contribution in [3.8, 4) is 11.3 Å². The molecule has 0 N–H and O–H groups in total. The van der Waals surface area contributed by atoms with Crippen molar-refractivity contribution in [3.05, 3.63) is 82.8 Å². The fourth-order valence-corrected chi connectivity index (χ4v) is 6.03. The summed E-state index contributed by atoms with van der Waals surface area (Å²) < 4.78 is 0. The van der Waals surface area contributed by atoms with Crippen LogP contribution in [0.3, 0.4) is 0 Å². The number of likely N-dealkylation sites (N-methyl/N-ethyl adjacent to an activating group) is 1. The van der Waals surface area contributed by atoms with Crippen molar-refractivity contribution in [3.63, 3.8) is 0 Å². The van der Waals surface area contributed by atoms with E-state index in [4.69, 9.17) is 4.98 Å². The lowest BCUT2D eigenvalue weighted by Gasteiger charge is -2.32. The van der Waals surface area contributed by atoms with Crippen molar-refractivity contribution in [1.82, 2.24) is 24.7 Å². The Bertz CT molecular complexity index is 1350. The average Bonchev–Trinajstić information content (AvgIpc) is 3.39. The van der Waals surface area contributed by atoms with E-state index < -0.39 is 0 Å². The number of fused-ring (bicyclic) bond motifs is 8. The highest BCUT2D eigenvalue weighted by Gasteiger charge is 2.30. The second kappa shape index (κ2) is 10.8. The molecular weight excluding hydrogens is 474 g/mol. The summed E-state index contributed by atoms with van der Waals surface area (Å²) in [6.45, 7) is 4.83. The van der Waals surface area contributed by atoms with Crippen LogP contribution in [-0.2, 0) is 24.2 Å². The molecule has 3 aliphatic rings. The molecule has 0 radical (unpaired) electrons. The number of rotatable bonds is 1. The number of Topliss-reactive ketones (excluding diaryl/α,β-unsaturated/α-hetero) is 1. The van der Waals surface area contributed by atoms with E-state index >= 15 is 0 Å². The summed E-state index contributed by atoms with van der Waals surface area (Å²) >= 11 is 0. The second-order valence-corrected chi connectivity index (χ2v) is 11.0. The number of carbonyl (C=O) groups is 2. The van der Waals surface area contributed by atoms with E-state index in [0.717, 1.165) is 85.8 Å². The Hall–Kier alpha value is -3.42. The van der Waals surface area contributed by atoms with Crippen LogP contribution in [0, 0.1) is 0 Å². The van der Waals surface area contributed by atoms with Gasteiger partial charge in [0.25, 0.3) is 5.91 Å². The minimum atomic E-state index is -0.0532. The molecule has 1 atom stereocenters. The lowest BCUT2D eigenvalue weighted by molar-refractivity contribution is -0.123. The molecular formula is C31H35N5O2. The van der Waals surface area contributed by atoms with E-state index in [0.29, 0.717) is 30.7 Å². The first kappa shape index (κ1) is 24.9. The molecule has 6 bridgehead atoms. The predicted octanol–water partition coefficient (Wildman–Crippen LogP) is 3.60. The van der Waals surface area contributed by atoms with Crippen LogP contribution in [0.2, 0.25) is 0 Å². The Balaban J connectivity index is 1.39. The summed E-state index contributed by atoms with van der Waals surface area (Å²) in [6, 6.07) is 16.4. The minimum absolute atomic E-state index is 0.0532. The SMILES string of the molecule is CN1CCN(C(=O)c2cc3cc(c2)CN2CCC[C@@H]2C(=O)CCc2cccc(c2)-c2ccnc(n2)C3)CC1. The molecule has 7 nitrogen and oxygen atoms in total. The van der Waals surface area contributed by atoms with Crippen molar-refractivity contribution < 1.29 is 9.59 Å². The quantitative estimate of drug-likeness (QED) is 0.499. The first-order valence-electron chi connectivity index (χ1n) is 13.8. The summed E-state index contributed by atoms with van der Waals surface area (Å²) in [6.07, 6.45) is 5.56. The molecule has 1 amide bonds. The van der Waals surface area contributed by atoms with Gasteiger partial charge in [-0.1, -0.05) is 24.3 Å². The van der Waals surface area contributed by atoms with Gasteiger partial charge in [0.2, 0.25) is 0 Å². The molecule has 4 heterocycles. The van der Waals surface area contributed by atoms with Crippen LogP contribution in [0.25, 0.3) is 11.3 Å². The van der Waals surface area contributed by atoms with E-state index in [2.05, 4.69) is 46.1 Å². The lowest BCUT2D eigenvalue weighted by Crippen LogP contribution is -2.47. The monoisotopic (exact) mass is 509 g/mol. The molecule has 196 valence electrons. The Labute approximate surface area is 224 Å². The fraction of sp³-hybridized carbons (Fsp3) is 0.419. The third-order valence-electron chi connectivity index (χ3n) is 8.16. The highest BCUT2D eigenvalue weighted by Crippen LogP contribution is 2.26. The predicted molar refractivity (Wildman–Crippen MR) is 147 cm³/mol. The molecule has 2 fully saturated rings. The van der Waals surface area contributed by atoms with Crippen molar-refractivity contribution >= 4 is 11.7 Å². The number of amides is 1. The first-order valence-corrected chi connectivity index (χ1v) is 13.8. The largest absolute Gasteiger partial charge is 0.336 e. The highest BCUT2D eigenvalue weighted by molar-refractivity contribution is 5.94. The van der Waals surface area contributed by atoms with E-state index in [1.54, 1.807) is 0 Å². The molecule has 3 aliphatic heterocycles. The van der Waals surface area contributed by atoms with E-state index in [-0.39, 0.29) is 11.9 Å². The normalized spacial score (nSPS) is 20.8. The molecule has 3 aromatic rings. The van der Waals surface area contributed by atoms with Crippen LogP contribution < -0.4 is 0 Å². The number of piperazine rings is 1. The Morgan fingerprint density at radius 1 is 0.921 bits per heavy atom. The van der Waals surface area contributed by atoms with E-state index in [1.165, 1.54) is 0 Å².